The zero-order chi connectivity index (χ0) is 15.4. The van der Waals surface area contributed by atoms with Crippen molar-refractivity contribution in [2.45, 2.75) is 44.6 Å². The Labute approximate surface area is 130 Å². The molecule has 1 saturated carbocycles. The number of nitrogens with one attached hydrogen (secondary N) is 1. The molecule has 0 spiro atoms. The molecule has 1 amide bonds. The van der Waals surface area contributed by atoms with Crippen LogP contribution >= 0.6 is 0 Å². The molecular formula is C17H21N3O2. The van der Waals surface area contributed by atoms with E-state index in [4.69, 9.17) is 0 Å². The third-order valence-corrected chi connectivity index (χ3v) is 4.12. The lowest BCUT2D eigenvalue weighted by Crippen LogP contribution is -2.34. The molecule has 22 heavy (non-hydrogen) atoms. The van der Waals surface area contributed by atoms with Gasteiger partial charge in [0.15, 0.2) is 11.4 Å². The number of amides is 1. The molecule has 1 fully saturated rings. The van der Waals surface area contributed by atoms with Gasteiger partial charge in [-0.25, -0.2) is 4.68 Å². The van der Waals surface area contributed by atoms with E-state index in [9.17, 15) is 9.90 Å². The van der Waals surface area contributed by atoms with Gasteiger partial charge < -0.3 is 10.4 Å². The molecule has 5 heteroatoms. The number of hydrogen-bond acceptors (Lipinski definition) is 3. The second kappa shape index (κ2) is 6.64. The van der Waals surface area contributed by atoms with Crippen molar-refractivity contribution in [1.82, 2.24) is 15.1 Å². The maximum absolute atomic E-state index is 12.3. The minimum Gasteiger partial charge on any atom is -0.504 e. The van der Waals surface area contributed by atoms with E-state index in [1.807, 2.05) is 30.3 Å². The van der Waals surface area contributed by atoms with Crippen molar-refractivity contribution in [3.63, 3.8) is 0 Å². The van der Waals surface area contributed by atoms with Gasteiger partial charge in [-0.2, -0.15) is 5.10 Å². The molecule has 0 bridgehead atoms. The summed E-state index contributed by atoms with van der Waals surface area (Å²) >= 11 is 0. The van der Waals surface area contributed by atoms with Gasteiger partial charge in [-0.3, -0.25) is 4.79 Å². The van der Waals surface area contributed by atoms with E-state index in [-0.39, 0.29) is 23.4 Å². The minimum atomic E-state index is -0.293. The van der Waals surface area contributed by atoms with Crippen molar-refractivity contribution >= 4 is 5.91 Å². The fraction of sp³-hybridized carbons (Fsp3) is 0.412. The number of para-hydroxylation sites is 1. The highest BCUT2D eigenvalue weighted by Crippen LogP contribution is 2.20. The van der Waals surface area contributed by atoms with Crippen molar-refractivity contribution in [2.75, 3.05) is 0 Å². The molecule has 1 aliphatic carbocycles. The molecule has 0 saturated heterocycles. The van der Waals surface area contributed by atoms with Gasteiger partial charge in [0, 0.05) is 6.04 Å². The van der Waals surface area contributed by atoms with E-state index >= 15 is 0 Å². The van der Waals surface area contributed by atoms with Gasteiger partial charge in [0.1, 0.15) is 0 Å². The summed E-state index contributed by atoms with van der Waals surface area (Å²) < 4.78 is 1.53. The molecule has 0 radical (unpaired) electrons. The predicted molar refractivity (Wildman–Crippen MR) is 84.2 cm³/mol. The van der Waals surface area contributed by atoms with Crippen molar-refractivity contribution < 1.29 is 9.90 Å². The Kier molecular flexibility index (Phi) is 4.42. The maximum Gasteiger partial charge on any atom is 0.275 e. The van der Waals surface area contributed by atoms with Gasteiger partial charge in [-0.1, -0.05) is 43.9 Å². The Morgan fingerprint density at radius 1 is 1.14 bits per heavy atom. The predicted octanol–water partition coefficient (Wildman–Crippen LogP) is 3.03. The summed E-state index contributed by atoms with van der Waals surface area (Å²) in [6.45, 7) is 0. The number of hydrogen-bond donors (Lipinski definition) is 2. The van der Waals surface area contributed by atoms with E-state index in [0.717, 1.165) is 31.4 Å². The third-order valence-electron chi connectivity index (χ3n) is 4.12. The number of benzene rings is 1. The van der Waals surface area contributed by atoms with Crippen molar-refractivity contribution in [3.8, 4) is 11.4 Å². The average Bonchev–Trinajstić information content (AvgIpc) is 2.75. The van der Waals surface area contributed by atoms with Gasteiger partial charge in [0.05, 0.1) is 11.9 Å². The Balaban J connectivity index is 1.74. The molecule has 1 aliphatic rings. The Hall–Kier alpha value is -2.30. The zero-order valence-corrected chi connectivity index (χ0v) is 12.5. The first-order valence-corrected chi connectivity index (χ1v) is 7.89. The molecule has 0 unspecified atom stereocenters. The fourth-order valence-corrected chi connectivity index (χ4v) is 2.92. The van der Waals surface area contributed by atoms with Gasteiger partial charge in [-0.15, -0.1) is 0 Å². The summed E-state index contributed by atoms with van der Waals surface area (Å²) in [7, 11) is 0. The van der Waals surface area contributed by atoms with Crippen molar-refractivity contribution in [2.24, 2.45) is 0 Å². The first-order valence-electron chi connectivity index (χ1n) is 7.89. The minimum absolute atomic E-state index is 0.0880. The first kappa shape index (κ1) is 14.6. The summed E-state index contributed by atoms with van der Waals surface area (Å²) in [5.41, 5.74) is 0.902. The monoisotopic (exact) mass is 299 g/mol. The van der Waals surface area contributed by atoms with Crippen LogP contribution in [0.2, 0.25) is 0 Å². The molecule has 2 aromatic rings. The largest absolute Gasteiger partial charge is 0.504 e. The number of rotatable bonds is 3. The maximum atomic E-state index is 12.3. The smallest absolute Gasteiger partial charge is 0.275 e. The van der Waals surface area contributed by atoms with Gasteiger partial charge >= 0.3 is 0 Å². The normalized spacial score (nSPS) is 16.2. The van der Waals surface area contributed by atoms with Gasteiger partial charge in [-0.05, 0) is 25.0 Å². The highest BCUT2D eigenvalue weighted by Gasteiger charge is 2.21. The second-order valence-corrected chi connectivity index (χ2v) is 5.81. The molecule has 0 atom stereocenters. The standard InChI is InChI=1S/C17H21N3O2/c21-15-12-20(14-10-6-3-7-11-14)19-16(15)17(22)18-13-8-4-1-2-5-9-13/h3,6-7,10-13,21H,1-2,4-5,8-9H2,(H,18,22). The Bertz CT molecular complexity index is 629. The molecule has 5 nitrogen and oxygen atoms in total. The van der Waals surface area contributed by atoms with Gasteiger partial charge in [0.25, 0.3) is 5.91 Å². The summed E-state index contributed by atoms with van der Waals surface area (Å²) in [6.07, 6.45) is 8.25. The molecule has 2 N–H and O–H groups in total. The topological polar surface area (TPSA) is 67.2 Å². The molecule has 1 aromatic heterocycles. The van der Waals surface area contributed by atoms with E-state index in [2.05, 4.69) is 10.4 Å². The molecule has 116 valence electrons. The SMILES string of the molecule is O=C(NC1CCCCCC1)c1nn(-c2ccccc2)cc1O. The van der Waals surface area contributed by atoms with Crippen LogP contribution in [0, 0.1) is 0 Å². The number of carbonyl (C=O) groups excluding carboxylic acids is 1. The first-order chi connectivity index (χ1) is 10.7. The molecule has 0 aliphatic heterocycles. The number of aromatic hydroxyl groups is 1. The summed E-state index contributed by atoms with van der Waals surface area (Å²) in [5.74, 6) is -0.381. The summed E-state index contributed by atoms with van der Waals surface area (Å²) in [6, 6.07) is 9.63. The third kappa shape index (κ3) is 3.30. The van der Waals surface area contributed by atoms with E-state index in [1.54, 1.807) is 0 Å². The van der Waals surface area contributed by atoms with E-state index < -0.39 is 0 Å². The lowest BCUT2D eigenvalue weighted by molar-refractivity contribution is 0.0925. The second-order valence-electron chi connectivity index (χ2n) is 5.81. The Morgan fingerprint density at radius 2 is 1.82 bits per heavy atom. The number of nitrogens with zero attached hydrogens (tertiary/aromatic N) is 2. The van der Waals surface area contributed by atoms with Crippen molar-refractivity contribution in [1.29, 1.82) is 0 Å². The molecule has 1 aromatic carbocycles. The average molecular weight is 299 g/mol. The molecular weight excluding hydrogens is 278 g/mol. The quantitative estimate of drug-likeness (QED) is 0.856. The zero-order valence-electron chi connectivity index (χ0n) is 12.5. The lowest BCUT2D eigenvalue weighted by Gasteiger charge is -2.15. The van der Waals surface area contributed by atoms with E-state index in [0.29, 0.717) is 0 Å². The highest BCUT2D eigenvalue weighted by atomic mass is 16.3. The number of carbonyl (C=O) groups is 1. The van der Waals surface area contributed by atoms with Crippen LogP contribution in [0.5, 0.6) is 5.75 Å². The van der Waals surface area contributed by atoms with Crippen LogP contribution in [0.1, 0.15) is 49.0 Å². The summed E-state index contributed by atoms with van der Waals surface area (Å²) in [5, 5.41) is 17.2. The summed E-state index contributed by atoms with van der Waals surface area (Å²) in [4.78, 5) is 12.3. The number of aromatic nitrogens is 2. The lowest BCUT2D eigenvalue weighted by atomic mass is 10.1. The molecule has 1 heterocycles. The van der Waals surface area contributed by atoms with Crippen LogP contribution in [0.4, 0.5) is 0 Å². The van der Waals surface area contributed by atoms with Crippen LogP contribution in [0.25, 0.3) is 5.69 Å². The van der Waals surface area contributed by atoms with Crippen LogP contribution in [-0.4, -0.2) is 26.8 Å². The Morgan fingerprint density at radius 3 is 2.50 bits per heavy atom. The van der Waals surface area contributed by atoms with E-state index in [1.165, 1.54) is 23.7 Å². The van der Waals surface area contributed by atoms with Gasteiger partial charge in [0.2, 0.25) is 0 Å². The van der Waals surface area contributed by atoms with Crippen LogP contribution in [0.3, 0.4) is 0 Å². The fourth-order valence-electron chi connectivity index (χ4n) is 2.92. The molecule has 3 rings (SSSR count). The van der Waals surface area contributed by atoms with Crippen LogP contribution in [0.15, 0.2) is 36.5 Å². The highest BCUT2D eigenvalue weighted by molar-refractivity contribution is 5.95. The van der Waals surface area contributed by atoms with Crippen LogP contribution < -0.4 is 5.32 Å². The van der Waals surface area contributed by atoms with Crippen molar-refractivity contribution in [3.05, 3.63) is 42.2 Å². The van der Waals surface area contributed by atoms with Crippen LogP contribution in [-0.2, 0) is 0 Å².